The molecule has 0 saturated heterocycles. The van der Waals surface area contributed by atoms with Crippen molar-refractivity contribution in [1.82, 2.24) is 5.32 Å². The van der Waals surface area contributed by atoms with Gasteiger partial charge in [-0.05, 0) is 57.8 Å². The van der Waals surface area contributed by atoms with Crippen molar-refractivity contribution in [1.29, 1.82) is 0 Å². The molecule has 0 heterocycles. The smallest absolute Gasteiger partial charge is 0.305 e. The number of unbranched alkanes of at least 4 members (excludes halogenated alkanes) is 57. The fourth-order valence-corrected chi connectivity index (χ4v) is 11.8. The van der Waals surface area contributed by atoms with Crippen molar-refractivity contribution in [3.63, 3.8) is 0 Å². The number of rotatable bonds is 70. The Labute approximate surface area is 507 Å². The largest absolute Gasteiger partial charge is 0.466 e. The fraction of sp³-hybridized carbons (Fsp3) is 0.920. The van der Waals surface area contributed by atoms with Gasteiger partial charge < -0.3 is 20.3 Å². The molecule has 0 saturated carbocycles. The molecule has 6 nitrogen and oxygen atoms in total. The van der Waals surface area contributed by atoms with E-state index >= 15 is 0 Å². The number of ether oxygens (including phenoxy) is 1. The molecular weight excluding hydrogens is 995 g/mol. The van der Waals surface area contributed by atoms with Gasteiger partial charge >= 0.3 is 5.97 Å². The number of aliphatic hydroxyl groups excluding tert-OH is 2. The summed E-state index contributed by atoms with van der Waals surface area (Å²) in [6.45, 7) is 4.95. The first-order chi connectivity index (χ1) is 40.0. The van der Waals surface area contributed by atoms with Gasteiger partial charge in [-0.25, -0.2) is 0 Å². The topological polar surface area (TPSA) is 95.9 Å². The lowest BCUT2D eigenvalue weighted by Crippen LogP contribution is -2.45. The molecule has 2 unspecified atom stereocenters. The molecule has 0 bridgehead atoms. The summed E-state index contributed by atoms with van der Waals surface area (Å²) >= 11 is 0. The molecule has 2 atom stereocenters. The van der Waals surface area contributed by atoms with Crippen molar-refractivity contribution in [3.05, 3.63) is 24.3 Å². The van der Waals surface area contributed by atoms with E-state index in [1.54, 1.807) is 6.08 Å². The van der Waals surface area contributed by atoms with Crippen LogP contribution in [0.15, 0.2) is 24.3 Å². The Bertz CT molecular complexity index is 1270. The molecule has 480 valence electrons. The lowest BCUT2D eigenvalue weighted by atomic mass is 10.0. The van der Waals surface area contributed by atoms with E-state index in [4.69, 9.17) is 4.74 Å². The van der Waals surface area contributed by atoms with E-state index in [9.17, 15) is 19.8 Å². The summed E-state index contributed by atoms with van der Waals surface area (Å²) in [5, 5.41) is 23.3. The molecule has 0 aromatic heterocycles. The maximum absolute atomic E-state index is 12.5. The van der Waals surface area contributed by atoms with Gasteiger partial charge in [0.15, 0.2) is 0 Å². The molecule has 6 heteroatoms. The SMILES string of the molecule is CCCCCCCCCCCCCCCCCCCCCCC/C=C/C(O)C(CO)NC(=O)CCCCCCCCCC/C=C\CCCCCCCCCCCCCCOC(=O)CCCCCCCCCCCCCCCCCCC. The number of aliphatic hydroxyl groups is 2. The van der Waals surface area contributed by atoms with Crippen molar-refractivity contribution in [2.75, 3.05) is 13.2 Å². The van der Waals surface area contributed by atoms with E-state index in [0.29, 0.717) is 19.4 Å². The standard InChI is InChI=1S/C75H145NO5/c1-3-5-7-9-11-13-15-17-19-21-22-23-26-29-32-36-39-43-47-51-55-59-63-67-73(78)72(71-77)76-74(79)68-64-60-56-52-48-44-40-37-33-30-27-24-25-28-31-34-38-42-46-50-54-58-62-66-70-81-75(80)69-65-61-57-53-49-45-41-35-20-18-16-14-12-10-8-6-4-2/h27,30,63,67,72-73,77-78H,3-26,28-29,31-62,64-66,68-71H2,1-2H3,(H,76,79)/b30-27-,67-63+. The third-order valence-electron chi connectivity index (χ3n) is 17.5. The Kier molecular flexibility index (Phi) is 69.4. The van der Waals surface area contributed by atoms with Gasteiger partial charge in [0.25, 0.3) is 0 Å². The minimum Gasteiger partial charge on any atom is -0.466 e. The van der Waals surface area contributed by atoms with Crippen molar-refractivity contribution in [2.24, 2.45) is 0 Å². The molecule has 0 aromatic carbocycles. The molecule has 81 heavy (non-hydrogen) atoms. The highest BCUT2D eigenvalue weighted by Gasteiger charge is 2.18. The van der Waals surface area contributed by atoms with Gasteiger partial charge in [-0.1, -0.05) is 372 Å². The van der Waals surface area contributed by atoms with E-state index < -0.39 is 12.1 Å². The van der Waals surface area contributed by atoms with Crippen LogP contribution in [0.4, 0.5) is 0 Å². The average molecular weight is 1140 g/mol. The van der Waals surface area contributed by atoms with E-state index in [-0.39, 0.29) is 18.5 Å². The molecule has 1 amide bonds. The predicted octanol–water partition coefficient (Wildman–Crippen LogP) is 24.1. The first-order valence-corrected chi connectivity index (χ1v) is 37.1. The van der Waals surface area contributed by atoms with E-state index in [0.717, 1.165) is 38.5 Å². The normalized spacial score (nSPS) is 12.6. The zero-order valence-corrected chi connectivity index (χ0v) is 55.0. The van der Waals surface area contributed by atoms with Gasteiger partial charge in [-0.3, -0.25) is 9.59 Å². The van der Waals surface area contributed by atoms with Crippen LogP contribution in [0.1, 0.15) is 418 Å². The fourth-order valence-electron chi connectivity index (χ4n) is 11.8. The summed E-state index contributed by atoms with van der Waals surface area (Å²) in [7, 11) is 0. The predicted molar refractivity (Wildman–Crippen MR) is 356 cm³/mol. The Morgan fingerprint density at radius 2 is 0.580 bits per heavy atom. The quantitative estimate of drug-likeness (QED) is 0.0320. The molecule has 0 aromatic rings. The van der Waals surface area contributed by atoms with Crippen LogP contribution in [0.5, 0.6) is 0 Å². The van der Waals surface area contributed by atoms with Crippen molar-refractivity contribution in [2.45, 2.75) is 431 Å². The first kappa shape index (κ1) is 79.3. The Morgan fingerprint density at radius 3 is 0.877 bits per heavy atom. The molecule has 0 aliphatic carbocycles. The highest BCUT2D eigenvalue weighted by atomic mass is 16.5. The highest BCUT2D eigenvalue weighted by molar-refractivity contribution is 5.76. The van der Waals surface area contributed by atoms with Gasteiger partial charge in [0.05, 0.1) is 25.4 Å². The van der Waals surface area contributed by atoms with Crippen LogP contribution in [0, 0.1) is 0 Å². The van der Waals surface area contributed by atoms with Crippen molar-refractivity contribution >= 4 is 11.9 Å². The Balaban J connectivity index is 3.41. The number of nitrogens with one attached hydrogen (secondary N) is 1. The van der Waals surface area contributed by atoms with Gasteiger partial charge in [0, 0.05) is 12.8 Å². The second-order valence-corrected chi connectivity index (χ2v) is 25.6. The van der Waals surface area contributed by atoms with E-state index in [1.807, 2.05) is 6.08 Å². The van der Waals surface area contributed by atoms with Crippen LogP contribution < -0.4 is 5.32 Å². The minimum atomic E-state index is -0.849. The Hall–Kier alpha value is -1.66. The number of carbonyl (C=O) groups is 2. The zero-order chi connectivity index (χ0) is 58.5. The van der Waals surface area contributed by atoms with Crippen molar-refractivity contribution in [3.8, 4) is 0 Å². The molecule has 0 aliphatic rings. The highest BCUT2D eigenvalue weighted by Crippen LogP contribution is 2.19. The minimum absolute atomic E-state index is 0.0170. The van der Waals surface area contributed by atoms with E-state index in [2.05, 4.69) is 31.3 Å². The third-order valence-corrected chi connectivity index (χ3v) is 17.5. The zero-order valence-electron chi connectivity index (χ0n) is 55.0. The molecule has 0 fully saturated rings. The second kappa shape index (κ2) is 70.8. The van der Waals surface area contributed by atoms with Gasteiger partial charge in [0.2, 0.25) is 5.91 Å². The summed E-state index contributed by atoms with van der Waals surface area (Å²) in [5.41, 5.74) is 0. The maximum atomic E-state index is 12.5. The summed E-state index contributed by atoms with van der Waals surface area (Å²) in [4.78, 5) is 24.6. The number of esters is 1. The molecule has 3 N–H and O–H groups in total. The van der Waals surface area contributed by atoms with E-state index in [1.165, 1.54) is 353 Å². The number of amides is 1. The van der Waals surface area contributed by atoms with Gasteiger partial charge in [-0.2, -0.15) is 0 Å². The lowest BCUT2D eigenvalue weighted by Gasteiger charge is -2.20. The van der Waals surface area contributed by atoms with Gasteiger partial charge in [0.1, 0.15) is 0 Å². The first-order valence-electron chi connectivity index (χ1n) is 37.1. The summed E-state index contributed by atoms with van der Waals surface area (Å²) < 4.78 is 5.51. The van der Waals surface area contributed by atoms with Crippen molar-refractivity contribution < 1.29 is 24.5 Å². The monoisotopic (exact) mass is 1140 g/mol. The Morgan fingerprint density at radius 1 is 0.333 bits per heavy atom. The number of allylic oxidation sites excluding steroid dienone is 3. The average Bonchev–Trinajstić information content (AvgIpc) is 3.47. The number of hydrogen-bond donors (Lipinski definition) is 3. The summed E-state index contributed by atoms with van der Waals surface area (Å²) in [6.07, 6.45) is 89.8. The summed E-state index contributed by atoms with van der Waals surface area (Å²) in [5.74, 6) is -0.0509. The number of carbonyl (C=O) groups excluding carboxylic acids is 2. The van der Waals surface area contributed by atoms with Crippen LogP contribution in [-0.2, 0) is 14.3 Å². The van der Waals surface area contributed by atoms with Crippen LogP contribution >= 0.6 is 0 Å². The van der Waals surface area contributed by atoms with Crippen LogP contribution in [-0.4, -0.2) is 47.4 Å². The van der Waals surface area contributed by atoms with Gasteiger partial charge in [-0.15, -0.1) is 0 Å². The maximum Gasteiger partial charge on any atom is 0.305 e. The third kappa shape index (κ3) is 67.3. The molecule has 0 aliphatic heterocycles. The molecule has 0 rings (SSSR count). The lowest BCUT2D eigenvalue weighted by molar-refractivity contribution is -0.143. The summed E-state index contributed by atoms with van der Waals surface area (Å²) in [6, 6.07) is -0.632. The molecule has 0 radical (unpaired) electrons. The van der Waals surface area contributed by atoms with Crippen LogP contribution in [0.3, 0.4) is 0 Å². The molecule has 0 spiro atoms. The van der Waals surface area contributed by atoms with Crippen LogP contribution in [0.2, 0.25) is 0 Å². The molecular formula is C75H145NO5. The second-order valence-electron chi connectivity index (χ2n) is 25.6. The number of hydrogen-bond acceptors (Lipinski definition) is 5. The van der Waals surface area contributed by atoms with Crippen LogP contribution in [0.25, 0.3) is 0 Å².